The predicted octanol–water partition coefficient (Wildman–Crippen LogP) is 1.31. The zero-order valence-corrected chi connectivity index (χ0v) is 10.3. The Balaban J connectivity index is 2.66. The van der Waals surface area contributed by atoms with E-state index in [-0.39, 0.29) is 5.91 Å². The fourth-order valence-electron chi connectivity index (χ4n) is 0.945. The van der Waals surface area contributed by atoms with Crippen molar-refractivity contribution >= 4 is 21.8 Å². The van der Waals surface area contributed by atoms with Crippen LogP contribution in [-0.2, 0) is 0 Å². The Labute approximate surface area is 97.4 Å². The molecule has 0 spiro atoms. The molecule has 0 aliphatic carbocycles. The first-order chi connectivity index (χ1) is 6.90. The summed E-state index contributed by atoms with van der Waals surface area (Å²) >= 11 is 3.26. The van der Waals surface area contributed by atoms with Crippen LogP contribution in [0.3, 0.4) is 0 Å². The fraction of sp³-hybridized carbons (Fsp3) is 0.400. The molecule has 15 heavy (non-hydrogen) atoms. The Morgan fingerprint density at radius 2 is 2.33 bits per heavy atom. The van der Waals surface area contributed by atoms with Crippen LogP contribution in [0.2, 0.25) is 0 Å². The molecule has 0 atom stereocenters. The van der Waals surface area contributed by atoms with E-state index in [4.69, 9.17) is 5.73 Å². The topological polar surface area (TPSA) is 68.0 Å². The second-order valence-electron chi connectivity index (χ2n) is 4.01. The molecule has 0 bridgehead atoms. The maximum Gasteiger partial charge on any atom is 0.271 e. The molecule has 3 N–H and O–H groups in total. The van der Waals surface area contributed by atoms with Crippen LogP contribution in [0.5, 0.6) is 0 Å². The number of hydrogen-bond donors (Lipinski definition) is 2. The molecule has 1 rings (SSSR count). The van der Waals surface area contributed by atoms with Gasteiger partial charge in [0.05, 0.1) is 0 Å². The van der Waals surface area contributed by atoms with E-state index in [1.807, 2.05) is 13.8 Å². The van der Waals surface area contributed by atoms with E-state index in [1.165, 1.54) is 0 Å². The van der Waals surface area contributed by atoms with Crippen LogP contribution < -0.4 is 11.1 Å². The summed E-state index contributed by atoms with van der Waals surface area (Å²) in [7, 11) is 0. The molecule has 1 aromatic heterocycles. The molecule has 0 saturated carbocycles. The van der Waals surface area contributed by atoms with E-state index in [0.717, 1.165) is 0 Å². The summed E-state index contributed by atoms with van der Waals surface area (Å²) in [4.78, 5) is 15.6. The molecule has 1 heterocycles. The van der Waals surface area contributed by atoms with E-state index < -0.39 is 5.54 Å². The van der Waals surface area contributed by atoms with Crippen molar-refractivity contribution in [2.75, 3.05) is 6.54 Å². The molecule has 82 valence electrons. The van der Waals surface area contributed by atoms with Gasteiger partial charge in [-0.15, -0.1) is 0 Å². The lowest BCUT2D eigenvalue weighted by Crippen LogP contribution is -2.45. The smallest absolute Gasteiger partial charge is 0.271 e. The summed E-state index contributed by atoms with van der Waals surface area (Å²) in [6.07, 6.45) is 1.58. The Bertz CT molecular complexity index is 360. The number of nitrogens with two attached hydrogens (primary N) is 1. The summed E-state index contributed by atoms with van der Waals surface area (Å²) in [5.41, 5.74) is 5.71. The molecule has 0 aliphatic rings. The third-order valence-corrected chi connectivity index (χ3v) is 2.32. The van der Waals surface area contributed by atoms with Gasteiger partial charge in [-0.25, -0.2) is 4.98 Å². The number of carbonyl (C=O) groups is 1. The molecule has 4 nitrogen and oxygen atoms in total. The van der Waals surface area contributed by atoms with Gasteiger partial charge in [0.1, 0.15) is 5.69 Å². The first-order valence-electron chi connectivity index (χ1n) is 4.58. The zero-order chi connectivity index (χ0) is 11.5. The molecule has 0 radical (unpaired) electrons. The maximum absolute atomic E-state index is 11.7. The molecule has 0 unspecified atom stereocenters. The van der Waals surface area contributed by atoms with Gasteiger partial charge in [-0.1, -0.05) is 0 Å². The van der Waals surface area contributed by atoms with Gasteiger partial charge in [0.25, 0.3) is 5.91 Å². The average Bonchev–Trinajstić information content (AvgIpc) is 2.14. The number of halogens is 1. The minimum absolute atomic E-state index is 0.221. The SMILES string of the molecule is CC(C)(N)CNC(=O)c1ncccc1Br. The number of rotatable bonds is 3. The van der Waals surface area contributed by atoms with Gasteiger partial charge in [-0.3, -0.25) is 4.79 Å². The van der Waals surface area contributed by atoms with Gasteiger partial charge in [0, 0.05) is 22.8 Å². The maximum atomic E-state index is 11.7. The molecule has 5 heteroatoms. The number of nitrogens with zero attached hydrogens (tertiary/aromatic N) is 1. The number of hydrogen-bond acceptors (Lipinski definition) is 3. The van der Waals surface area contributed by atoms with Crippen LogP contribution in [-0.4, -0.2) is 23.0 Å². The first kappa shape index (κ1) is 12.1. The van der Waals surface area contributed by atoms with E-state index in [9.17, 15) is 4.79 Å². The van der Waals surface area contributed by atoms with Crippen molar-refractivity contribution in [2.24, 2.45) is 5.73 Å². The zero-order valence-electron chi connectivity index (χ0n) is 8.75. The van der Waals surface area contributed by atoms with Crippen molar-refractivity contribution in [3.05, 3.63) is 28.5 Å². The molecular weight excluding hydrogens is 258 g/mol. The molecule has 0 aromatic carbocycles. The Kier molecular flexibility index (Phi) is 3.82. The summed E-state index contributed by atoms with van der Waals surface area (Å²) in [6.45, 7) is 4.11. The number of pyridine rings is 1. The van der Waals surface area contributed by atoms with Gasteiger partial charge in [-0.2, -0.15) is 0 Å². The van der Waals surface area contributed by atoms with Crippen molar-refractivity contribution < 1.29 is 4.79 Å². The van der Waals surface area contributed by atoms with Crippen LogP contribution in [0.15, 0.2) is 22.8 Å². The molecule has 0 saturated heterocycles. The summed E-state index contributed by atoms with van der Waals surface area (Å²) < 4.78 is 0.678. The highest BCUT2D eigenvalue weighted by Crippen LogP contribution is 2.12. The first-order valence-corrected chi connectivity index (χ1v) is 5.37. The van der Waals surface area contributed by atoms with Crippen LogP contribution >= 0.6 is 15.9 Å². The van der Waals surface area contributed by atoms with Gasteiger partial charge in [0.15, 0.2) is 0 Å². The van der Waals surface area contributed by atoms with E-state index >= 15 is 0 Å². The standard InChI is InChI=1S/C10H14BrN3O/c1-10(2,12)6-14-9(15)8-7(11)4-3-5-13-8/h3-5H,6,12H2,1-2H3,(H,14,15). The van der Waals surface area contributed by atoms with Crippen molar-refractivity contribution in [1.29, 1.82) is 0 Å². The number of amides is 1. The molecule has 1 amide bonds. The summed E-state index contributed by atoms with van der Waals surface area (Å²) in [6, 6.07) is 3.53. The molecular formula is C10H14BrN3O. The second-order valence-corrected chi connectivity index (χ2v) is 4.86. The number of carbonyl (C=O) groups excluding carboxylic acids is 1. The molecule has 0 aliphatic heterocycles. The Morgan fingerprint density at radius 1 is 1.67 bits per heavy atom. The fourth-order valence-corrected chi connectivity index (χ4v) is 1.38. The lowest BCUT2D eigenvalue weighted by atomic mass is 10.1. The summed E-state index contributed by atoms with van der Waals surface area (Å²) in [5, 5.41) is 2.72. The quantitative estimate of drug-likeness (QED) is 0.871. The third kappa shape index (κ3) is 3.97. The van der Waals surface area contributed by atoms with Crippen LogP contribution in [0.25, 0.3) is 0 Å². The number of aromatic nitrogens is 1. The molecule has 1 aromatic rings. The lowest BCUT2D eigenvalue weighted by molar-refractivity contribution is 0.0940. The third-order valence-electron chi connectivity index (χ3n) is 1.68. The largest absolute Gasteiger partial charge is 0.349 e. The normalized spacial score (nSPS) is 11.2. The van der Waals surface area contributed by atoms with Gasteiger partial charge in [-0.05, 0) is 41.9 Å². The highest BCUT2D eigenvalue weighted by molar-refractivity contribution is 9.10. The van der Waals surface area contributed by atoms with E-state index in [1.54, 1.807) is 18.3 Å². The molecule has 0 fully saturated rings. The highest BCUT2D eigenvalue weighted by Gasteiger charge is 2.15. The lowest BCUT2D eigenvalue weighted by Gasteiger charge is -2.18. The minimum atomic E-state index is -0.420. The highest BCUT2D eigenvalue weighted by atomic mass is 79.9. The minimum Gasteiger partial charge on any atom is -0.349 e. The van der Waals surface area contributed by atoms with Crippen molar-refractivity contribution in [1.82, 2.24) is 10.3 Å². The Morgan fingerprint density at radius 3 is 2.87 bits per heavy atom. The predicted molar refractivity (Wildman–Crippen MR) is 62.5 cm³/mol. The summed E-state index contributed by atoms with van der Waals surface area (Å²) in [5.74, 6) is -0.221. The monoisotopic (exact) mass is 271 g/mol. The second kappa shape index (κ2) is 4.72. The Hall–Kier alpha value is -0.940. The van der Waals surface area contributed by atoms with Gasteiger partial charge in [0.2, 0.25) is 0 Å². The van der Waals surface area contributed by atoms with Crippen LogP contribution in [0, 0.1) is 0 Å². The number of nitrogens with one attached hydrogen (secondary N) is 1. The van der Waals surface area contributed by atoms with Gasteiger partial charge < -0.3 is 11.1 Å². The van der Waals surface area contributed by atoms with Crippen molar-refractivity contribution in [2.45, 2.75) is 19.4 Å². The van der Waals surface area contributed by atoms with E-state index in [0.29, 0.717) is 16.7 Å². The van der Waals surface area contributed by atoms with Gasteiger partial charge >= 0.3 is 0 Å². The van der Waals surface area contributed by atoms with Crippen LogP contribution in [0.1, 0.15) is 24.3 Å². The van der Waals surface area contributed by atoms with E-state index in [2.05, 4.69) is 26.2 Å². The average molecular weight is 272 g/mol. The van der Waals surface area contributed by atoms with Crippen LogP contribution in [0.4, 0.5) is 0 Å². The van der Waals surface area contributed by atoms with Crippen molar-refractivity contribution in [3.8, 4) is 0 Å². The van der Waals surface area contributed by atoms with Crippen molar-refractivity contribution in [3.63, 3.8) is 0 Å².